The third-order valence-corrected chi connectivity index (χ3v) is 5.54. The molecule has 7 heteroatoms. The second kappa shape index (κ2) is 6.11. The van der Waals surface area contributed by atoms with Gasteiger partial charge in [-0.25, -0.2) is 13.1 Å². The molecule has 0 heterocycles. The van der Waals surface area contributed by atoms with Crippen LogP contribution in [-0.2, 0) is 14.8 Å². The first-order valence-corrected chi connectivity index (χ1v) is 8.26. The summed E-state index contributed by atoms with van der Waals surface area (Å²) in [5.41, 5.74) is 0. The highest BCUT2D eigenvalue weighted by atomic mass is 35.5. The zero-order valence-corrected chi connectivity index (χ0v) is 12.3. The SMILES string of the molecule is O=C(O)C1CCC(NS(=O)(=O)c2ccccc2Cl)CC1. The van der Waals surface area contributed by atoms with Gasteiger partial charge in [-0.2, -0.15) is 0 Å². The molecule has 0 aromatic heterocycles. The van der Waals surface area contributed by atoms with Crippen LogP contribution in [0.4, 0.5) is 0 Å². The molecule has 0 spiro atoms. The van der Waals surface area contributed by atoms with Crippen LogP contribution in [-0.4, -0.2) is 25.5 Å². The van der Waals surface area contributed by atoms with Gasteiger partial charge in [0.2, 0.25) is 10.0 Å². The number of benzene rings is 1. The largest absolute Gasteiger partial charge is 0.481 e. The van der Waals surface area contributed by atoms with E-state index in [2.05, 4.69) is 4.72 Å². The number of carbonyl (C=O) groups is 1. The van der Waals surface area contributed by atoms with Gasteiger partial charge in [0, 0.05) is 6.04 Å². The molecule has 1 saturated carbocycles. The predicted octanol–water partition coefficient (Wildman–Crippen LogP) is 2.26. The molecule has 2 rings (SSSR count). The maximum absolute atomic E-state index is 12.2. The van der Waals surface area contributed by atoms with E-state index in [1.54, 1.807) is 12.1 Å². The molecule has 0 amide bonds. The predicted molar refractivity (Wildman–Crippen MR) is 75.2 cm³/mol. The molecule has 1 aliphatic rings. The maximum atomic E-state index is 12.2. The van der Waals surface area contributed by atoms with Gasteiger partial charge in [0.25, 0.3) is 0 Å². The van der Waals surface area contributed by atoms with Crippen molar-refractivity contribution >= 4 is 27.6 Å². The summed E-state index contributed by atoms with van der Waals surface area (Å²) in [5.74, 6) is -1.17. The van der Waals surface area contributed by atoms with Crippen molar-refractivity contribution in [1.29, 1.82) is 0 Å². The van der Waals surface area contributed by atoms with Crippen molar-refractivity contribution in [3.05, 3.63) is 29.3 Å². The van der Waals surface area contributed by atoms with Crippen LogP contribution >= 0.6 is 11.6 Å². The number of rotatable bonds is 4. The van der Waals surface area contributed by atoms with Crippen LogP contribution in [0.1, 0.15) is 25.7 Å². The summed E-state index contributed by atoms with van der Waals surface area (Å²) in [5, 5.41) is 9.10. The third kappa shape index (κ3) is 3.50. The number of sulfonamides is 1. The van der Waals surface area contributed by atoms with Gasteiger partial charge >= 0.3 is 5.97 Å². The van der Waals surface area contributed by atoms with E-state index in [-0.39, 0.29) is 21.9 Å². The van der Waals surface area contributed by atoms with E-state index < -0.39 is 16.0 Å². The highest BCUT2D eigenvalue weighted by molar-refractivity contribution is 7.89. The average Bonchev–Trinajstić information content (AvgIpc) is 2.39. The molecule has 0 atom stereocenters. The summed E-state index contributed by atoms with van der Waals surface area (Å²) in [6.07, 6.45) is 2.04. The second-order valence-electron chi connectivity index (χ2n) is 4.94. The minimum Gasteiger partial charge on any atom is -0.481 e. The summed E-state index contributed by atoms with van der Waals surface area (Å²) < 4.78 is 27.1. The molecule has 2 N–H and O–H groups in total. The molecule has 5 nitrogen and oxygen atoms in total. The highest BCUT2D eigenvalue weighted by Crippen LogP contribution is 2.27. The van der Waals surface area contributed by atoms with Gasteiger partial charge in [0.1, 0.15) is 4.90 Å². The summed E-state index contributed by atoms with van der Waals surface area (Å²) in [7, 11) is -3.66. The monoisotopic (exact) mass is 317 g/mol. The van der Waals surface area contributed by atoms with Gasteiger partial charge in [-0.1, -0.05) is 23.7 Å². The van der Waals surface area contributed by atoms with E-state index in [4.69, 9.17) is 16.7 Å². The van der Waals surface area contributed by atoms with Crippen molar-refractivity contribution in [2.45, 2.75) is 36.6 Å². The lowest BCUT2D eigenvalue weighted by molar-refractivity contribution is -0.142. The molecule has 0 unspecified atom stereocenters. The number of hydrogen-bond acceptors (Lipinski definition) is 3. The van der Waals surface area contributed by atoms with E-state index in [1.807, 2.05) is 0 Å². The number of nitrogens with one attached hydrogen (secondary N) is 1. The van der Waals surface area contributed by atoms with Gasteiger partial charge < -0.3 is 5.11 Å². The number of carboxylic acid groups (broad SMARTS) is 1. The number of aliphatic carboxylic acids is 1. The Balaban J connectivity index is 2.04. The molecule has 1 aromatic carbocycles. The van der Waals surface area contributed by atoms with Crippen LogP contribution in [0.25, 0.3) is 0 Å². The standard InChI is InChI=1S/C13H16ClNO4S/c14-11-3-1-2-4-12(11)20(18,19)15-10-7-5-9(6-8-10)13(16)17/h1-4,9-10,15H,5-8H2,(H,16,17). The Morgan fingerprint density at radius 1 is 1.20 bits per heavy atom. The molecule has 0 aliphatic heterocycles. The van der Waals surface area contributed by atoms with Crippen LogP contribution < -0.4 is 4.72 Å². The molecule has 0 saturated heterocycles. The quantitative estimate of drug-likeness (QED) is 0.892. The van der Waals surface area contributed by atoms with E-state index in [0.717, 1.165) is 0 Å². The molecule has 110 valence electrons. The summed E-state index contributed by atoms with van der Waals surface area (Å²) in [6, 6.07) is 6.03. The van der Waals surface area contributed by atoms with E-state index >= 15 is 0 Å². The molecule has 1 aromatic rings. The van der Waals surface area contributed by atoms with Crippen LogP contribution in [0.15, 0.2) is 29.2 Å². The molecule has 1 fully saturated rings. The minimum absolute atomic E-state index is 0.0574. The molecular weight excluding hydrogens is 302 g/mol. The normalized spacial score (nSPS) is 23.4. The fourth-order valence-electron chi connectivity index (χ4n) is 2.40. The Morgan fingerprint density at radius 3 is 2.35 bits per heavy atom. The van der Waals surface area contributed by atoms with Gasteiger partial charge in [0.15, 0.2) is 0 Å². The van der Waals surface area contributed by atoms with E-state index in [1.165, 1.54) is 12.1 Å². The molecule has 0 bridgehead atoms. The Hall–Kier alpha value is -1.11. The minimum atomic E-state index is -3.66. The average molecular weight is 318 g/mol. The zero-order chi connectivity index (χ0) is 14.8. The van der Waals surface area contributed by atoms with Crippen LogP contribution in [0.5, 0.6) is 0 Å². The van der Waals surface area contributed by atoms with Gasteiger partial charge in [0.05, 0.1) is 10.9 Å². The summed E-state index contributed by atoms with van der Waals surface area (Å²) >= 11 is 5.89. The number of hydrogen-bond donors (Lipinski definition) is 2. The van der Waals surface area contributed by atoms with Gasteiger partial charge in [-0.15, -0.1) is 0 Å². The lowest BCUT2D eigenvalue weighted by Crippen LogP contribution is -2.38. The highest BCUT2D eigenvalue weighted by Gasteiger charge is 2.29. The lowest BCUT2D eigenvalue weighted by atomic mass is 9.87. The Kier molecular flexibility index (Phi) is 4.67. The van der Waals surface area contributed by atoms with Crippen molar-refractivity contribution in [1.82, 2.24) is 4.72 Å². The van der Waals surface area contributed by atoms with Crippen molar-refractivity contribution < 1.29 is 18.3 Å². The van der Waals surface area contributed by atoms with Crippen molar-refractivity contribution in [3.8, 4) is 0 Å². The number of halogens is 1. The third-order valence-electron chi connectivity index (χ3n) is 3.52. The summed E-state index contributed by atoms with van der Waals surface area (Å²) in [6.45, 7) is 0. The first-order chi connectivity index (χ1) is 9.40. The van der Waals surface area contributed by atoms with Crippen LogP contribution in [0.3, 0.4) is 0 Å². The first-order valence-electron chi connectivity index (χ1n) is 6.40. The Morgan fingerprint density at radius 2 is 1.80 bits per heavy atom. The molecule has 20 heavy (non-hydrogen) atoms. The van der Waals surface area contributed by atoms with E-state index in [9.17, 15) is 13.2 Å². The van der Waals surface area contributed by atoms with Crippen LogP contribution in [0, 0.1) is 5.92 Å². The van der Waals surface area contributed by atoms with Gasteiger partial charge in [-0.3, -0.25) is 4.79 Å². The van der Waals surface area contributed by atoms with Gasteiger partial charge in [-0.05, 0) is 37.8 Å². The smallest absolute Gasteiger partial charge is 0.306 e. The number of carboxylic acids is 1. The fraction of sp³-hybridized carbons (Fsp3) is 0.462. The Labute approximate surface area is 123 Å². The molecule has 0 radical (unpaired) electrons. The lowest BCUT2D eigenvalue weighted by Gasteiger charge is -2.26. The molecular formula is C13H16ClNO4S. The first kappa shape index (κ1) is 15.3. The zero-order valence-electron chi connectivity index (χ0n) is 10.8. The fourth-order valence-corrected chi connectivity index (χ4v) is 4.23. The van der Waals surface area contributed by atoms with Crippen molar-refractivity contribution in [3.63, 3.8) is 0 Å². The summed E-state index contributed by atoms with van der Waals surface area (Å²) in [4.78, 5) is 10.9. The second-order valence-corrected chi connectivity index (χ2v) is 7.03. The van der Waals surface area contributed by atoms with Crippen LogP contribution in [0.2, 0.25) is 5.02 Å². The Bertz CT molecular complexity index is 594. The van der Waals surface area contributed by atoms with Crippen molar-refractivity contribution in [2.75, 3.05) is 0 Å². The van der Waals surface area contributed by atoms with Crippen molar-refractivity contribution in [2.24, 2.45) is 5.92 Å². The molecule has 1 aliphatic carbocycles. The van der Waals surface area contributed by atoms with E-state index in [0.29, 0.717) is 25.7 Å². The maximum Gasteiger partial charge on any atom is 0.306 e. The topological polar surface area (TPSA) is 83.5 Å².